The largest absolute Gasteiger partial charge is 0.496 e. The molecular weight excluding hydrogens is 246 g/mol. The van der Waals surface area contributed by atoms with Gasteiger partial charge < -0.3 is 9.64 Å². The molecule has 20 heavy (non-hydrogen) atoms. The van der Waals surface area contributed by atoms with Gasteiger partial charge in [-0.25, -0.2) is 0 Å². The van der Waals surface area contributed by atoms with Gasteiger partial charge in [0.1, 0.15) is 5.75 Å². The first kappa shape index (κ1) is 13.9. The van der Waals surface area contributed by atoms with E-state index in [1.165, 1.54) is 36.9 Å². The molecule has 1 aromatic rings. The molecule has 3 rings (SSSR count). The van der Waals surface area contributed by atoms with E-state index in [4.69, 9.17) is 4.74 Å². The predicted molar refractivity (Wildman–Crippen MR) is 83.7 cm³/mol. The average Bonchev–Trinajstić information content (AvgIpc) is 2.37. The third-order valence-corrected chi connectivity index (χ3v) is 4.89. The van der Waals surface area contributed by atoms with Crippen LogP contribution in [0.4, 0.5) is 0 Å². The molecule has 2 nitrogen and oxygen atoms in total. The van der Waals surface area contributed by atoms with Crippen LogP contribution in [0.1, 0.15) is 61.8 Å². The molecule has 1 aliphatic carbocycles. The molecule has 0 aromatic heterocycles. The fourth-order valence-corrected chi connectivity index (χ4v) is 4.04. The number of hydrogen-bond acceptors (Lipinski definition) is 2. The van der Waals surface area contributed by atoms with Crippen LogP contribution in [0.25, 0.3) is 0 Å². The monoisotopic (exact) mass is 273 g/mol. The van der Waals surface area contributed by atoms with Gasteiger partial charge in [0.05, 0.1) is 7.11 Å². The first-order chi connectivity index (χ1) is 9.41. The summed E-state index contributed by atoms with van der Waals surface area (Å²) in [5.41, 5.74) is 6.20. The highest BCUT2D eigenvalue weighted by Gasteiger charge is 2.34. The van der Waals surface area contributed by atoms with Crippen molar-refractivity contribution in [3.63, 3.8) is 0 Å². The summed E-state index contributed by atoms with van der Waals surface area (Å²) in [4.78, 5) is 2.46. The smallest absolute Gasteiger partial charge is 0.127 e. The van der Waals surface area contributed by atoms with Crippen LogP contribution in [0, 0.1) is 0 Å². The van der Waals surface area contributed by atoms with Crippen molar-refractivity contribution in [1.29, 1.82) is 0 Å². The molecule has 0 amide bonds. The van der Waals surface area contributed by atoms with Gasteiger partial charge in [0, 0.05) is 24.2 Å². The Bertz CT molecular complexity index is 527. The highest BCUT2D eigenvalue weighted by atomic mass is 16.5. The molecule has 0 spiro atoms. The summed E-state index contributed by atoms with van der Waals surface area (Å²) in [5.74, 6) is 1.87. The van der Waals surface area contributed by atoms with Crippen LogP contribution in [0.15, 0.2) is 6.07 Å². The van der Waals surface area contributed by atoms with E-state index in [0.717, 1.165) is 18.2 Å². The van der Waals surface area contributed by atoms with Crippen LogP contribution in [0.3, 0.4) is 0 Å². The lowest BCUT2D eigenvalue weighted by atomic mass is 9.73. The minimum absolute atomic E-state index is 0.139. The van der Waals surface area contributed by atoms with Crippen molar-refractivity contribution < 1.29 is 4.74 Å². The molecule has 1 heterocycles. The molecule has 2 aliphatic rings. The lowest BCUT2D eigenvalue weighted by Crippen LogP contribution is -2.34. The maximum absolute atomic E-state index is 5.86. The molecule has 0 N–H and O–H groups in total. The minimum Gasteiger partial charge on any atom is -0.496 e. The van der Waals surface area contributed by atoms with Crippen LogP contribution in [0.2, 0.25) is 0 Å². The summed E-state index contributed by atoms with van der Waals surface area (Å²) in [5, 5.41) is 0. The predicted octanol–water partition coefficient (Wildman–Crippen LogP) is 3.86. The fraction of sp³-hybridized carbons (Fsp3) is 0.667. The molecule has 2 heteroatoms. The Morgan fingerprint density at radius 3 is 2.70 bits per heavy atom. The molecule has 110 valence electrons. The van der Waals surface area contributed by atoms with Crippen molar-refractivity contribution in [3.8, 4) is 5.75 Å². The second-order valence-electron chi connectivity index (χ2n) is 7.54. The van der Waals surface area contributed by atoms with Crippen molar-refractivity contribution in [2.24, 2.45) is 0 Å². The van der Waals surface area contributed by atoms with Gasteiger partial charge in [-0.3, -0.25) is 0 Å². The van der Waals surface area contributed by atoms with Crippen molar-refractivity contribution in [1.82, 2.24) is 4.90 Å². The standard InChI is InChI=1S/C18H27NO/c1-18(2,3)15-9-12-7-6-8-13-10-19(4)11-14(16(12)13)17(15)20-5/h9,13H,6-8,10-11H2,1-5H3. The Hall–Kier alpha value is -1.02. The molecular formula is C18H27NO. The van der Waals surface area contributed by atoms with Gasteiger partial charge in [0.15, 0.2) is 0 Å². The van der Waals surface area contributed by atoms with Crippen LogP contribution < -0.4 is 4.74 Å². The molecule has 0 bridgehead atoms. The van der Waals surface area contributed by atoms with Crippen LogP contribution in [-0.4, -0.2) is 25.6 Å². The molecule has 0 saturated heterocycles. The van der Waals surface area contributed by atoms with E-state index in [-0.39, 0.29) is 5.41 Å². The summed E-state index contributed by atoms with van der Waals surface area (Å²) in [6, 6.07) is 2.44. The van der Waals surface area contributed by atoms with E-state index in [9.17, 15) is 0 Å². The number of rotatable bonds is 1. The molecule has 0 saturated carbocycles. The number of methoxy groups -OCH3 is 1. The third kappa shape index (κ3) is 2.14. The number of hydrogen-bond donors (Lipinski definition) is 0. The van der Waals surface area contributed by atoms with E-state index in [1.54, 1.807) is 11.1 Å². The summed E-state index contributed by atoms with van der Waals surface area (Å²) in [7, 11) is 4.07. The SMILES string of the molecule is COc1c(C(C)(C)C)cc2c3c1CN(C)CC3CCC2. The van der Waals surface area contributed by atoms with Crippen LogP contribution in [0.5, 0.6) is 5.75 Å². The second-order valence-corrected chi connectivity index (χ2v) is 7.54. The lowest BCUT2D eigenvalue weighted by molar-refractivity contribution is 0.258. The van der Waals surface area contributed by atoms with E-state index in [0.29, 0.717) is 0 Å². The number of aryl methyl sites for hydroxylation is 1. The number of likely N-dealkylation sites (N-methyl/N-ethyl adjacent to an activating group) is 1. The maximum Gasteiger partial charge on any atom is 0.127 e. The Morgan fingerprint density at radius 1 is 1.30 bits per heavy atom. The van der Waals surface area contributed by atoms with Crippen molar-refractivity contribution in [2.45, 2.75) is 57.9 Å². The summed E-state index contributed by atoms with van der Waals surface area (Å²) < 4.78 is 5.86. The molecule has 0 fully saturated rings. The highest BCUT2D eigenvalue weighted by molar-refractivity contribution is 5.56. The minimum atomic E-state index is 0.139. The van der Waals surface area contributed by atoms with Crippen LogP contribution in [-0.2, 0) is 18.4 Å². The summed E-state index contributed by atoms with van der Waals surface area (Å²) in [6.07, 6.45) is 3.92. The number of nitrogens with zero attached hydrogens (tertiary/aromatic N) is 1. The molecule has 1 aromatic carbocycles. The molecule has 0 radical (unpaired) electrons. The van der Waals surface area contributed by atoms with Gasteiger partial charge in [0.2, 0.25) is 0 Å². The number of benzene rings is 1. The zero-order chi connectivity index (χ0) is 14.5. The van der Waals surface area contributed by atoms with E-state index >= 15 is 0 Å². The summed E-state index contributed by atoms with van der Waals surface area (Å²) in [6.45, 7) is 9.11. The first-order valence-electron chi connectivity index (χ1n) is 7.83. The van der Waals surface area contributed by atoms with Crippen LogP contribution >= 0.6 is 0 Å². The Morgan fingerprint density at radius 2 is 2.05 bits per heavy atom. The normalized spacial score (nSPS) is 22.6. The highest BCUT2D eigenvalue weighted by Crippen LogP contribution is 2.46. The first-order valence-corrected chi connectivity index (χ1v) is 7.83. The fourth-order valence-electron chi connectivity index (χ4n) is 4.04. The molecule has 1 atom stereocenters. The number of ether oxygens (including phenoxy) is 1. The van der Waals surface area contributed by atoms with Crippen molar-refractivity contribution >= 4 is 0 Å². The maximum atomic E-state index is 5.86. The quantitative estimate of drug-likeness (QED) is 0.770. The van der Waals surface area contributed by atoms with Crippen molar-refractivity contribution in [3.05, 3.63) is 28.3 Å². The van der Waals surface area contributed by atoms with E-state index in [2.05, 4.69) is 38.8 Å². The van der Waals surface area contributed by atoms with Gasteiger partial charge in [-0.2, -0.15) is 0 Å². The zero-order valence-corrected chi connectivity index (χ0v) is 13.5. The van der Waals surface area contributed by atoms with Gasteiger partial charge in [-0.1, -0.05) is 26.8 Å². The van der Waals surface area contributed by atoms with Gasteiger partial charge >= 0.3 is 0 Å². The second kappa shape index (κ2) is 4.77. The Balaban J connectivity index is 2.25. The lowest BCUT2D eigenvalue weighted by Gasteiger charge is -2.39. The topological polar surface area (TPSA) is 12.5 Å². The molecule has 1 unspecified atom stereocenters. The Kier molecular flexibility index (Phi) is 3.32. The Labute approximate surface area is 123 Å². The van der Waals surface area contributed by atoms with Crippen molar-refractivity contribution in [2.75, 3.05) is 20.7 Å². The van der Waals surface area contributed by atoms with Gasteiger partial charge in [-0.05, 0) is 48.8 Å². The van der Waals surface area contributed by atoms with E-state index < -0.39 is 0 Å². The average molecular weight is 273 g/mol. The van der Waals surface area contributed by atoms with Gasteiger partial charge in [-0.15, -0.1) is 0 Å². The van der Waals surface area contributed by atoms with E-state index in [1.807, 2.05) is 7.11 Å². The molecule has 1 aliphatic heterocycles. The van der Waals surface area contributed by atoms with Gasteiger partial charge in [0.25, 0.3) is 0 Å². The zero-order valence-electron chi connectivity index (χ0n) is 13.5. The third-order valence-electron chi connectivity index (χ3n) is 4.89. The summed E-state index contributed by atoms with van der Waals surface area (Å²) >= 11 is 0.